The number of imidazole rings is 1. The Kier molecular flexibility index (Phi) is 8.50. The molecular weight excluding hydrogens is 465 g/mol. The van der Waals surface area contributed by atoms with E-state index >= 15 is 0 Å². The number of rotatable bonds is 10. The Morgan fingerprint density at radius 2 is 1.56 bits per heavy atom. The van der Waals surface area contributed by atoms with E-state index in [0.717, 1.165) is 30.5 Å². The number of anilines is 2. The van der Waals surface area contributed by atoms with E-state index < -0.39 is 5.82 Å². The van der Waals surface area contributed by atoms with Crippen LogP contribution >= 0.6 is 0 Å². The van der Waals surface area contributed by atoms with Gasteiger partial charge >= 0.3 is 5.69 Å². The van der Waals surface area contributed by atoms with Gasteiger partial charge in [-0.05, 0) is 36.8 Å². The van der Waals surface area contributed by atoms with Crippen LogP contribution in [0, 0.1) is 5.82 Å². The quantitative estimate of drug-likeness (QED) is 0.449. The lowest BCUT2D eigenvalue weighted by atomic mass is 10.2. The van der Waals surface area contributed by atoms with Crippen molar-refractivity contribution in [3.05, 3.63) is 58.8 Å². The lowest BCUT2D eigenvalue weighted by Crippen LogP contribution is -2.38. The second kappa shape index (κ2) is 12.0. The number of amides is 2. The number of hydrogen-bond donors (Lipinski definition) is 2. The van der Waals surface area contributed by atoms with Gasteiger partial charge in [0.2, 0.25) is 11.8 Å². The minimum absolute atomic E-state index is 0.0126. The first-order chi connectivity index (χ1) is 17.5. The number of para-hydroxylation sites is 2. The number of carbonyl (C=O) groups excluding carboxylic acids is 2. The molecule has 36 heavy (non-hydrogen) atoms. The molecule has 10 heteroatoms. The van der Waals surface area contributed by atoms with Crippen molar-refractivity contribution in [1.29, 1.82) is 0 Å². The number of nitrogens with zero attached hydrogens (tertiary/aromatic N) is 3. The molecule has 0 spiro atoms. The average Bonchev–Trinajstić information content (AvgIpc) is 3.15. The summed E-state index contributed by atoms with van der Waals surface area (Å²) in [5.41, 5.74) is 1.86. The van der Waals surface area contributed by atoms with E-state index in [9.17, 15) is 18.8 Å². The molecule has 2 amide bonds. The fourth-order valence-corrected chi connectivity index (χ4v) is 4.36. The molecule has 1 aromatic heterocycles. The van der Waals surface area contributed by atoms with Gasteiger partial charge in [0, 0.05) is 51.3 Å². The lowest BCUT2D eigenvalue weighted by molar-refractivity contribution is -0.117. The molecule has 0 aliphatic carbocycles. The first-order valence-electron chi connectivity index (χ1n) is 12.3. The minimum Gasteiger partial charge on any atom is -0.379 e. The van der Waals surface area contributed by atoms with Gasteiger partial charge in [-0.3, -0.25) is 23.6 Å². The third-order valence-corrected chi connectivity index (χ3v) is 6.22. The van der Waals surface area contributed by atoms with Crippen LogP contribution in [0.25, 0.3) is 11.0 Å². The number of morpholine rings is 1. The number of aromatic nitrogens is 2. The molecular formula is C26H32FN5O4. The molecule has 1 saturated heterocycles. The monoisotopic (exact) mass is 497 g/mol. The summed E-state index contributed by atoms with van der Waals surface area (Å²) < 4.78 is 22.9. The van der Waals surface area contributed by atoms with Gasteiger partial charge < -0.3 is 15.4 Å². The Morgan fingerprint density at radius 1 is 0.917 bits per heavy atom. The maximum Gasteiger partial charge on any atom is 0.329 e. The summed E-state index contributed by atoms with van der Waals surface area (Å²) in [5.74, 6) is -1.19. The molecule has 0 atom stereocenters. The van der Waals surface area contributed by atoms with Crippen molar-refractivity contribution < 1.29 is 18.7 Å². The molecule has 0 saturated carbocycles. The van der Waals surface area contributed by atoms with Gasteiger partial charge in [-0.25, -0.2) is 9.18 Å². The van der Waals surface area contributed by atoms with Gasteiger partial charge in [0.15, 0.2) is 0 Å². The van der Waals surface area contributed by atoms with Crippen LogP contribution in [0.3, 0.4) is 0 Å². The Bertz CT molecular complexity index is 1280. The van der Waals surface area contributed by atoms with Crippen molar-refractivity contribution in [2.24, 2.45) is 0 Å². The highest BCUT2D eigenvalue weighted by Gasteiger charge is 2.15. The highest BCUT2D eigenvalue weighted by Crippen LogP contribution is 2.20. The molecule has 2 aromatic carbocycles. The number of ether oxygens (including phenoxy) is 1. The molecule has 2 heterocycles. The zero-order chi connectivity index (χ0) is 25.5. The smallest absolute Gasteiger partial charge is 0.329 e. The Balaban J connectivity index is 1.35. The molecule has 1 fully saturated rings. The summed E-state index contributed by atoms with van der Waals surface area (Å²) in [7, 11) is 0. The van der Waals surface area contributed by atoms with Crippen molar-refractivity contribution in [1.82, 2.24) is 14.0 Å². The van der Waals surface area contributed by atoms with Crippen LogP contribution in [-0.2, 0) is 27.4 Å². The van der Waals surface area contributed by atoms with Gasteiger partial charge in [-0.2, -0.15) is 0 Å². The van der Waals surface area contributed by atoms with Crippen LogP contribution in [0.5, 0.6) is 0 Å². The summed E-state index contributed by atoms with van der Waals surface area (Å²) in [6.07, 6.45) is 1.13. The molecule has 1 aliphatic rings. The number of benzene rings is 2. The summed E-state index contributed by atoms with van der Waals surface area (Å²) in [4.78, 5) is 40.0. The summed E-state index contributed by atoms with van der Waals surface area (Å²) in [5, 5.41) is 5.33. The maximum atomic E-state index is 14.3. The number of halogens is 1. The predicted octanol–water partition coefficient (Wildman–Crippen LogP) is 3.04. The molecule has 0 bridgehead atoms. The van der Waals surface area contributed by atoms with E-state index in [4.69, 9.17) is 4.74 Å². The van der Waals surface area contributed by atoms with Gasteiger partial charge in [-0.15, -0.1) is 0 Å². The van der Waals surface area contributed by atoms with Crippen molar-refractivity contribution in [3.8, 4) is 0 Å². The summed E-state index contributed by atoms with van der Waals surface area (Å²) in [6, 6.07) is 11.6. The van der Waals surface area contributed by atoms with Crippen LogP contribution < -0.4 is 16.3 Å². The highest BCUT2D eigenvalue weighted by molar-refractivity contribution is 5.94. The van der Waals surface area contributed by atoms with Gasteiger partial charge in [0.1, 0.15) is 5.82 Å². The van der Waals surface area contributed by atoms with Crippen molar-refractivity contribution >= 4 is 34.2 Å². The van der Waals surface area contributed by atoms with Crippen molar-refractivity contribution in [2.75, 3.05) is 43.5 Å². The van der Waals surface area contributed by atoms with E-state index in [2.05, 4.69) is 15.5 Å². The number of carbonyl (C=O) groups is 2. The Hall–Kier alpha value is -3.50. The topological polar surface area (TPSA) is 97.6 Å². The van der Waals surface area contributed by atoms with Gasteiger partial charge in [0.05, 0.1) is 29.9 Å². The third-order valence-electron chi connectivity index (χ3n) is 6.22. The van der Waals surface area contributed by atoms with Crippen LogP contribution in [0.2, 0.25) is 0 Å². The molecule has 4 rings (SSSR count). The normalized spacial score (nSPS) is 14.2. The fraction of sp³-hybridized carbons (Fsp3) is 0.423. The summed E-state index contributed by atoms with van der Waals surface area (Å²) in [6.45, 7) is 6.24. The number of aryl methyl sites for hydroxylation is 2. The van der Waals surface area contributed by atoms with Crippen molar-refractivity contribution in [2.45, 2.75) is 39.3 Å². The molecule has 0 radical (unpaired) electrons. The SMILES string of the molecule is CCCn1c(=O)n(CCC(=O)Nc2ccc(F)c(NC(=O)CCN3CCOCC3)c2)c2ccccc21. The molecule has 2 N–H and O–H groups in total. The maximum absolute atomic E-state index is 14.3. The van der Waals surface area contributed by atoms with E-state index in [1.165, 1.54) is 18.2 Å². The Morgan fingerprint density at radius 3 is 2.25 bits per heavy atom. The first-order valence-corrected chi connectivity index (χ1v) is 12.3. The standard InChI is InChI=1S/C26H32FN5O4/c1-2-11-31-22-5-3-4-6-23(22)32(26(31)35)13-10-24(33)28-19-7-8-20(27)21(18-19)29-25(34)9-12-30-14-16-36-17-15-30/h3-8,18H,2,9-17H2,1H3,(H,28,33)(H,29,34). The van der Waals surface area contributed by atoms with E-state index in [1.807, 2.05) is 31.2 Å². The van der Waals surface area contributed by atoms with Gasteiger partial charge in [-0.1, -0.05) is 19.1 Å². The number of nitrogens with one attached hydrogen (secondary N) is 2. The molecule has 0 unspecified atom stereocenters. The van der Waals surface area contributed by atoms with Crippen LogP contribution in [0.15, 0.2) is 47.3 Å². The molecule has 3 aromatic rings. The van der Waals surface area contributed by atoms with E-state index in [1.54, 1.807) is 9.13 Å². The number of hydrogen-bond acceptors (Lipinski definition) is 5. The predicted molar refractivity (Wildman–Crippen MR) is 137 cm³/mol. The third kappa shape index (κ3) is 6.19. The van der Waals surface area contributed by atoms with Crippen molar-refractivity contribution in [3.63, 3.8) is 0 Å². The largest absolute Gasteiger partial charge is 0.379 e. The highest BCUT2D eigenvalue weighted by atomic mass is 19.1. The lowest BCUT2D eigenvalue weighted by Gasteiger charge is -2.26. The summed E-state index contributed by atoms with van der Waals surface area (Å²) >= 11 is 0. The fourth-order valence-electron chi connectivity index (χ4n) is 4.36. The van der Waals surface area contributed by atoms with Crippen LogP contribution in [0.4, 0.5) is 15.8 Å². The minimum atomic E-state index is -0.581. The molecule has 192 valence electrons. The zero-order valence-electron chi connectivity index (χ0n) is 20.5. The second-order valence-electron chi connectivity index (χ2n) is 8.82. The number of fused-ring (bicyclic) bond motifs is 1. The molecule has 1 aliphatic heterocycles. The van der Waals surface area contributed by atoms with Crippen LogP contribution in [0.1, 0.15) is 26.2 Å². The first kappa shape index (κ1) is 25.6. The average molecular weight is 498 g/mol. The zero-order valence-corrected chi connectivity index (χ0v) is 20.5. The molecule has 9 nitrogen and oxygen atoms in total. The Labute approximate surface area is 208 Å². The van der Waals surface area contributed by atoms with Gasteiger partial charge in [0.25, 0.3) is 0 Å². The van der Waals surface area contributed by atoms with E-state index in [-0.39, 0.29) is 42.6 Å². The van der Waals surface area contributed by atoms with E-state index in [0.29, 0.717) is 32.0 Å². The second-order valence-corrected chi connectivity index (χ2v) is 8.82. The van der Waals surface area contributed by atoms with Crippen LogP contribution in [-0.4, -0.2) is 58.7 Å².